The SMILES string of the molecule is CCCc1c(C(=O)OCC)nnn1CC(F)F. The minimum absolute atomic E-state index is 0.0364. The van der Waals surface area contributed by atoms with Gasteiger partial charge in [0.2, 0.25) is 0 Å². The third-order valence-electron chi connectivity index (χ3n) is 2.10. The lowest BCUT2D eigenvalue weighted by Gasteiger charge is -2.06. The number of alkyl halides is 2. The highest BCUT2D eigenvalue weighted by molar-refractivity contribution is 5.88. The maximum atomic E-state index is 12.3. The molecule has 0 aliphatic rings. The second kappa shape index (κ2) is 6.27. The average molecular weight is 247 g/mol. The third-order valence-corrected chi connectivity index (χ3v) is 2.10. The van der Waals surface area contributed by atoms with Crippen molar-refractivity contribution in [2.24, 2.45) is 0 Å². The Kier molecular flexibility index (Phi) is 4.99. The molecule has 0 saturated carbocycles. The van der Waals surface area contributed by atoms with Crippen LogP contribution < -0.4 is 0 Å². The van der Waals surface area contributed by atoms with Crippen LogP contribution in [0.4, 0.5) is 8.78 Å². The normalized spacial score (nSPS) is 10.9. The zero-order chi connectivity index (χ0) is 12.8. The summed E-state index contributed by atoms with van der Waals surface area (Å²) < 4.78 is 30.4. The number of ether oxygens (including phenoxy) is 1. The fourth-order valence-electron chi connectivity index (χ4n) is 1.45. The van der Waals surface area contributed by atoms with Crippen molar-refractivity contribution in [2.45, 2.75) is 39.7 Å². The van der Waals surface area contributed by atoms with E-state index in [1.54, 1.807) is 6.92 Å². The van der Waals surface area contributed by atoms with Gasteiger partial charge in [-0.15, -0.1) is 5.10 Å². The molecule has 1 rings (SSSR count). The minimum Gasteiger partial charge on any atom is -0.461 e. The molecule has 96 valence electrons. The van der Waals surface area contributed by atoms with Gasteiger partial charge >= 0.3 is 5.97 Å². The van der Waals surface area contributed by atoms with E-state index in [1.807, 2.05) is 6.92 Å². The van der Waals surface area contributed by atoms with Gasteiger partial charge in [-0.2, -0.15) is 0 Å². The van der Waals surface area contributed by atoms with Gasteiger partial charge in [0.25, 0.3) is 6.43 Å². The molecule has 0 amide bonds. The second-order valence-corrected chi connectivity index (χ2v) is 3.43. The molecular weight excluding hydrogens is 232 g/mol. The van der Waals surface area contributed by atoms with E-state index in [0.717, 1.165) is 4.68 Å². The Balaban J connectivity index is 2.97. The molecule has 0 bridgehead atoms. The summed E-state index contributed by atoms with van der Waals surface area (Å²) in [5.74, 6) is -0.614. The van der Waals surface area contributed by atoms with Crippen LogP contribution in [0, 0.1) is 0 Å². The highest BCUT2D eigenvalue weighted by atomic mass is 19.3. The number of rotatable bonds is 6. The summed E-state index contributed by atoms with van der Waals surface area (Å²) in [6.45, 7) is 3.21. The van der Waals surface area contributed by atoms with E-state index in [-0.39, 0.29) is 12.3 Å². The standard InChI is InChI=1S/C10H15F2N3O2/c1-3-5-7-9(10(16)17-4-2)13-14-15(7)6-8(11)12/h8H,3-6H2,1-2H3. The van der Waals surface area contributed by atoms with Crippen LogP contribution in [0.3, 0.4) is 0 Å². The van der Waals surface area contributed by atoms with E-state index >= 15 is 0 Å². The number of carbonyl (C=O) groups is 1. The van der Waals surface area contributed by atoms with Crippen molar-refractivity contribution in [1.29, 1.82) is 0 Å². The molecule has 1 aromatic rings. The van der Waals surface area contributed by atoms with Crippen LogP contribution in [-0.2, 0) is 17.7 Å². The van der Waals surface area contributed by atoms with Gasteiger partial charge < -0.3 is 4.74 Å². The summed E-state index contributed by atoms with van der Waals surface area (Å²) in [5, 5.41) is 7.18. The number of carbonyl (C=O) groups excluding carboxylic acids is 1. The molecule has 5 nitrogen and oxygen atoms in total. The summed E-state index contributed by atoms with van der Waals surface area (Å²) in [4.78, 5) is 11.5. The molecule has 1 heterocycles. The van der Waals surface area contributed by atoms with Gasteiger partial charge in [0.15, 0.2) is 5.69 Å². The Morgan fingerprint density at radius 3 is 2.71 bits per heavy atom. The fourth-order valence-corrected chi connectivity index (χ4v) is 1.45. The topological polar surface area (TPSA) is 57.0 Å². The van der Waals surface area contributed by atoms with E-state index in [2.05, 4.69) is 10.3 Å². The number of halogens is 2. The highest BCUT2D eigenvalue weighted by Crippen LogP contribution is 2.11. The van der Waals surface area contributed by atoms with Gasteiger partial charge in [-0.25, -0.2) is 18.3 Å². The van der Waals surface area contributed by atoms with Crippen LogP contribution in [0.25, 0.3) is 0 Å². The van der Waals surface area contributed by atoms with E-state index in [4.69, 9.17) is 4.74 Å². The molecular formula is C10H15F2N3O2. The predicted molar refractivity (Wildman–Crippen MR) is 56.0 cm³/mol. The van der Waals surface area contributed by atoms with Crippen molar-refractivity contribution in [3.8, 4) is 0 Å². The van der Waals surface area contributed by atoms with Gasteiger partial charge in [0, 0.05) is 0 Å². The van der Waals surface area contributed by atoms with Crippen LogP contribution >= 0.6 is 0 Å². The molecule has 0 saturated heterocycles. The molecule has 0 aliphatic heterocycles. The minimum atomic E-state index is -2.53. The van der Waals surface area contributed by atoms with Crippen molar-refractivity contribution < 1.29 is 18.3 Å². The Labute approximate surface area is 97.8 Å². The van der Waals surface area contributed by atoms with E-state index in [9.17, 15) is 13.6 Å². The van der Waals surface area contributed by atoms with Gasteiger partial charge in [0.1, 0.15) is 6.54 Å². The molecule has 0 unspecified atom stereocenters. The monoisotopic (exact) mass is 247 g/mol. The lowest BCUT2D eigenvalue weighted by molar-refractivity contribution is 0.0517. The number of esters is 1. The summed E-state index contributed by atoms with van der Waals surface area (Å²) >= 11 is 0. The zero-order valence-electron chi connectivity index (χ0n) is 9.82. The summed E-state index contributed by atoms with van der Waals surface area (Å²) in [6.07, 6.45) is -1.35. The molecule has 0 N–H and O–H groups in total. The lowest BCUT2D eigenvalue weighted by atomic mass is 10.2. The largest absolute Gasteiger partial charge is 0.461 e. The van der Waals surface area contributed by atoms with Gasteiger partial charge in [-0.05, 0) is 13.3 Å². The zero-order valence-corrected chi connectivity index (χ0v) is 9.82. The van der Waals surface area contributed by atoms with Crippen LogP contribution in [-0.4, -0.2) is 34.0 Å². The smallest absolute Gasteiger partial charge is 0.360 e. The Morgan fingerprint density at radius 1 is 1.47 bits per heavy atom. The van der Waals surface area contributed by atoms with E-state index < -0.39 is 18.9 Å². The molecule has 0 atom stereocenters. The van der Waals surface area contributed by atoms with Crippen molar-refractivity contribution >= 4 is 5.97 Å². The quantitative estimate of drug-likeness (QED) is 0.717. The molecule has 1 aromatic heterocycles. The number of hydrogen-bond acceptors (Lipinski definition) is 4. The van der Waals surface area contributed by atoms with Crippen molar-refractivity contribution in [2.75, 3.05) is 6.61 Å². The van der Waals surface area contributed by atoms with Crippen LogP contribution in [0.2, 0.25) is 0 Å². The average Bonchev–Trinajstić information content (AvgIpc) is 2.62. The van der Waals surface area contributed by atoms with Crippen molar-refractivity contribution in [1.82, 2.24) is 15.0 Å². The summed E-state index contributed by atoms with van der Waals surface area (Å²) in [7, 11) is 0. The number of nitrogens with zero attached hydrogens (tertiary/aromatic N) is 3. The van der Waals surface area contributed by atoms with Gasteiger partial charge in [-0.1, -0.05) is 18.6 Å². The lowest BCUT2D eigenvalue weighted by Crippen LogP contribution is -2.14. The highest BCUT2D eigenvalue weighted by Gasteiger charge is 2.21. The first-order chi connectivity index (χ1) is 8.10. The van der Waals surface area contributed by atoms with Crippen LogP contribution in [0.5, 0.6) is 0 Å². The van der Waals surface area contributed by atoms with Gasteiger partial charge in [-0.3, -0.25) is 0 Å². The summed E-state index contributed by atoms with van der Waals surface area (Å²) in [6, 6.07) is 0. The van der Waals surface area contributed by atoms with Crippen molar-refractivity contribution in [3.05, 3.63) is 11.4 Å². The van der Waals surface area contributed by atoms with Crippen LogP contribution in [0.1, 0.15) is 36.5 Å². The van der Waals surface area contributed by atoms with E-state index in [1.165, 1.54) is 0 Å². The maximum Gasteiger partial charge on any atom is 0.360 e. The molecule has 0 spiro atoms. The molecule has 7 heteroatoms. The van der Waals surface area contributed by atoms with E-state index in [0.29, 0.717) is 18.5 Å². The first-order valence-corrected chi connectivity index (χ1v) is 5.47. The van der Waals surface area contributed by atoms with Crippen molar-refractivity contribution in [3.63, 3.8) is 0 Å². The number of aromatic nitrogens is 3. The predicted octanol–water partition coefficient (Wildman–Crippen LogP) is 1.67. The summed E-state index contributed by atoms with van der Waals surface area (Å²) in [5.41, 5.74) is 0.445. The Hall–Kier alpha value is -1.53. The van der Waals surface area contributed by atoms with Gasteiger partial charge in [0.05, 0.1) is 12.3 Å². The first kappa shape index (κ1) is 13.5. The number of hydrogen-bond donors (Lipinski definition) is 0. The first-order valence-electron chi connectivity index (χ1n) is 5.47. The molecule has 0 fully saturated rings. The molecule has 0 aliphatic carbocycles. The molecule has 0 radical (unpaired) electrons. The second-order valence-electron chi connectivity index (χ2n) is 3.43. The Morgan fingerprint density at radius 2 is 2.18 bits per heavy atom. The molecule has 17 heavy (non-hydrogen) atoms. The third kappa shape index (κ3) is 3.47. The Bertz CT molecular complexity index is 380. The molecule has 0 aromatic carbocycles. The fraction of sp³-hybridized carbons (Fsp3) is 0.700. The maximum absolute atomic E-state index is 12.3. The van der Waals surface area contributed by atoms with Crippen LogP contribution in [0.15, 0.2) is 0 Å².